The lowest BCUT2D eigenvalue weighted by Gasteiger charge is -2.15. The topological polar surface area (TPSA) is 33.2 Å². The Hall–Kier alpha value is -3.20. The molecule has 0 bridgehead atoms. The van der Waals surface area contributed by atoms with Gasteiger partial charge >= 0.3 is 0 Å². The molecule has 0 radical (unpaired) electrons. The largest absolute Gasteiger partial charge is 0.268 e. The second-order valence-electron chi connectivity index (χ2n) is 5.31. The summed E-state index contributed by atoms with van der Waals surface area (Å²) in [7, 11) is 0. The second kappa shape index (κ2) is 5.54. The van der Waals surface area contributed by atoms with Crippen LogP contribution in [0, 0.1) is 0 Å². The van der Waals surface area contributed by atoms with Crippen LogP contribution in [-0.2, 0) is 4.79 Å². The molecule has 3 nitrogen and oxygen atoms in total. The standard InChI is InChI=1S/C20H14N2O/c23-20-17(14-15-8-2-1-3-9-15)16-10-4-5-11-18(16)22(20)19-12-6-7-13-21-19/h1-14H/b17-14-. The molecule has 0 spiro atoms. The molecule has 110 valence electrons. The normalized spacial score (nSPS) is 15.0. The fourth-order valence-electron chi connectivity index (χ4n) is 2.81. The number of benzene rings is 2. The second-order valence-corrected chi connectivity index (χ2v) is 5.31. The minimum Gasteiger partial charge on any atom is -0.268 e. The van der Waals surface area contributed by atoms with Gasteiger partial charge in [-0.15, -0.1) is 0 Å². The molecule has 1 aromatic heterocycles. The molecule has 3 heteroatoms. The molecule has 3 aromatic rings. The van der Waals surface area contributed by atoms with Crippen molar-refractivity contribution in [3.05, 3.63) is 90.1 Å². The number of anilines is 2. The molecule has 2 aromatic carbocycles. The highest BCUT2D eigenvalue weighted by atomic mass is 16.2. The van der Waals surface area contributed by atoms with Crippen molar-refractivity contribution < 1.29 is 4.79 Å². The van der Waals surface area contributed by atoms with Crippen molar-refractivity contribution in [2.75, 3.05) is 4.90 Å². The van der Waals surface area contributed by atoms with Gasteiger partial charge in [-0.25, -0.2) is 4.98 Å². The maximum atomic E-state index is 13.0. The number of aromatic nitrogens is 1. The van der Waals surface area contributed by atoms with Crippen LogP contribution in [0.25, 0.3) is 11.6 Å². The molecule has 0 saturated heterocycles. The lowest BCUT2D eigenvalue weighted by molar-refractivity contribution is -0.112. The van der Waals surface area contributed by atoms with Gasteiger partial charge in [-0.3, -0.25) is 9.69 Å². The summed E-state index contributed by atoms with van der Waals surface area (Å²) in [6.07, 6.45) is 3.63. The van der Waals surface area contributed by atoms with E-state index in [4.69, 9.17) is 0 Å². The minimum absolute atomic E-state index is 0.0475. The lowest BCUT2D eigenvalue weighted by Crippen LogP contribution is -2.21. The van der Waals surface area contributed by atoms with Crippen LogP contribution < -0.4 is 4.90 Å². The van der Waals surface area contributed by atoms with Crippen molar-refractivity contribution in [1.82, 2.24) is 4.98 Å². The summed E-state index contributed by atoms with van der Waals surface area (Å²) in [5.74, 6) is 0.593. The highest BCUT2D eigenvalue weighted by Crippen LogP contribution is 2.41. The molecule has 23 heavy (non-hydrogen) atoms. The van der Waals surface area contributed by atoms with E-state index in [1.165, 1.54) is 0 Å². The first-order valence-electron chi connectivity index (χ1n) is 7.46. The molecule has 0 saturated carbocycles. The zero-order valence-corrected chi connectivity index (χ0v) is 12.4. The van der Waals surface area contributed by atoms with E-state index < -0.39 is 0 Å². The molecule has 0 fully saturated rings. The van der Waals surface area contributed by atoms with Gasteiger partial charge in [0, 0.05) is 11.8 Å². The maximum absolute atomic E-state index is 13.0. The summed E-state index contributed by atoms with van der Waals surface area (Å²) < 4.78 is 0. The lowest BCUT2D eigenvalue weighted by atomic mass is 10.0. The zero-order chi connectivity index (χ0) is 15.6. The fourth-order valence-corrected chi connectivity index (χ4v) is 2.81. The van der Waals surface area contributed by atoms with Gasteiger partial charge in [0.1, 0.15) is 5.82 Å². The number of nitrogens with zero attached hydrogens (tertiary/aromatic N) is 2. The highest BCUT2D eigenvalue weighted by Gasteiger charge is 2.33. The van der Waals surface area contributed by atoms with Crippen LogP contribution in [0.3, 0.4) is 0 Å². The number of carbonyl (C=O) groups excluding carboxylic acids is 1. The number of amides is 1. The van der Waals surface area contributed by atoms with Gasteiger partial charge in [-0.05, 0) is 29.8 Å². The smallest absolute Gasteiger partial charge is 0.264 e. The van der Waals surface area contributed by atoms with Crippen LogP contribution in [0.2, 0.25) is 0 Å². The van der Waals surface area contributed by atoms with E-state index in [2.05, 4.69) is 4.98 Å². The Morgan fingerprint density at radius 2 is 1.57 bits per heavy atom. The van der Waals surface area contributed by atoms with Crippen LogP contribution in [0.15, 0.2) is 79.0 Å². The summed E-state index contributed by atoms with van der Waals surface area (Å²) in [6.45, 7) is 0. The van der Waals surface area contributed by atoms with Crippen LogP contribution in [-0.4, -0.2) is 10.9 Å². The van der Waals surface area contributed by atoms with Gasteiger partial charge in [0.2, 0.25) is 0 Å². The zero-order valence-electron chi connectivity index (χ0n) is 12.4. The van der Waals surface area contributed by atoms with E-state index in [-0.39, 0.29) is 5.91 Å². The Bertz CT molecular complexity index is 886. The van der Waals surface area contributed by atoms with Gasteiger partial charge in [-0.2, -0.15) is 0 Å². The van der Waals surface area contributed by atoms with Crippen molar-refractivity contribution in [1.29, 1.82) is 0 Å². The number of rotatable bonds is 2. The van der Waals surface area contributed by atoms with Crippen molar-refractivity contribution >= 4 is 29.1 Å². The average molecular weight is 298 g/mol. The van der Waals surface area contributed by atoms with Crippen molar-refractivity contribution in [3.63, 3.8) is 0 Å². The number of fused-ring (bicyclic) bond motifs is 1. The van der Waals surface area contributed by atoms with Crippen LogP contribution in [0.4, 0.5) is 11.5 Å². The molecule has 4 rings (SSSR count). The third kappa shape index (κ3) is 2.32. The Morgan fingerprint density at radius 3 is 2.35 bits per heavy atom. The summed E-state index contributed by atoms with van der Waals surface area (Å²) in [5, 5.41) is 0. The molecule has 1 aliphatic rings. The number of hydrogen-bond acceptors (Lipinski definition) is 2. The molecule has 0 unspecified atom stereocenters. The first-order valence-corrected chi connectivity index (χ1v) is 7.46. The summed E-state index contributed by atoms with van der Waals surface area (Å²) in [5.41, 5.74) is 3.51. The molecular weight excluding hydrogens is 284 g/mol. The fraction of sp³-hybridized carbons (Fsp3) is 0. The molecule has 0 aliphatic carbocycles. The first kappa shape index (κ1) is 13.5. The van der Waals surface area contributed by atoms with Gasteiger partial charge < -0.3 is 0 Å². The molecule has 0 atom stereocenters. The van der Waals surface area contributed by atoms with E-state index in [0.717, 1.165) is 16.8 Å². The predicted octanol–water partition coefficient (Wildman–Crippen LogP) is 4.30. The van der Waals surface area contributed by atoms with Crippen LogP contribution in [0.1, 0.15) is 11.1 Å². The molecular formula is C20H14N2O. The SMILES string of the molecule is O=C1/C(=C\c2ccccc2)c2ccccc2N1c1ccccn1. The number of para-hydroxylation sites is 1. The molecule has 2 heterocycles. The van der Waals surface area contributed by atoms with Gasteiger partial charge in [0.25, 0.3) is 5.91 Å². The van der Waals surface area contributed by atoms with Crippen molar-refractivity contribution in [2.24, 2.45) is 0 Å². The van der Waals surface area contributed by atoms with Gasteiger partial charge in [0.15, 0.2) is 0 Å². The predicted molar refractivity (Wildman–Crippen MR) is 92.1 cm³/mol. The summed E-state index contributed by atoms with van der Waals surface area (Å²) >= 11 is 0. The Balaban J connectivity index is 1.87. The molecule has 0 N–H and O–H groups in total. The van der Waals surface area contributed by atoms with Crippen molar-refractivity contribution in [3.8, 4) is 0 Å². The van der Waals surface area contributed by atoms with Gasteiger partial charge in [-0.1, -0.05) is 54.6 Å². The quantitative estimate of drug-likeness (QED) is 0.661. The average Bonchev–Trinajstić information content (AvgIpc) is 2.89. The van der Waals surface area contributed by atoms with Crippen molar-refractivity contribution in [2.45, 2.75) is 0 Å². The summed E-state index contributed by atoms with van der Waals surface area (Å²) in [4.78, 5) is 19.0. The molecule has 1 aliphatic heterocycles. The molecule has 1 amide bonds. The minimum atomic E-state index is -0.0475. The number of pyridine rings is 1. The van der Waals surface area contributed by atoms with Crippen LogP contribution >= 0.6 is 0 Å². The van der Waals surface area contributed by atoms with E-state index in [0.29, 0.717) is 11.4 Å². The highest BCUT2D eigenvalue weighted by molar-refractivity contribution is 6.37. The van der Waals surface area contributed by atoms with E-state index in [9.17, 15) is 4.79 Å². The third-order valence-electron chi connectivity index (χ3n) is 3.86. The first-order chi connectivity index (χ1) is 11.3. The number of hydrogen-bond donors (Lipinski definition) is 0. The Labute approximate surface area is 134 Å². The van der Waals surface area contributed by atoms with E-state index in [1.54, 1.807) is 11.1 Å². The number of carbonyl (C=O) groups is 1. The monoisotopic (exact) mass is 298 g/mol. The Kier molecular flexibility index (Phi) is 3.24. The van der Waals surface area contributed by atoms with E-state index >= 15 is 0 Å². The Morgan fingerprint density at radius 1 is 0.826 bits per heavy atom. The van der Waals surface area contributed by atoms with E-state index in [1.807, 2.05) is 78.9 Å². The van der Waals surface area contributed by atoms with Crippen LogP contribution in [0.5, 0.6) is 0 Å². The van der Waals surface area contributed by atoms with Gasteiger partial charge in [0.05, 0.1) is 11.3 Å². The third-order valence-corrected chi connectivity index (χ3v) is 3.86. The maximum Gasteiger partial charge on any atom is 0.264 e. The summed E-state index contributed by atoms with van der Waals surface area (Å²) in [6, 6.07) is 23.3.